The molecule has 2 heterocycles. The lowest BCUT2D eigenvalue weighted by Gasteiger charge is -2.00. The van der Waals surface area contributed by atoms with Gasteiger partial charge in [-0.2, -0.15) is 5.10 Å². The number of aromatic nitrogens is 3. The second-order valence-electron chi connectivity index (χ2n) is 3.49. The zero-order valence-corrected chi connectivity index (χ0v) is 9.76. The van der Waals surface area contributed by atoms with Crippen molar-refractivity contribution in [2.24, 2.45) is 0 Å². The Hall–Kier alpha value is -2.02. The number of carbonyl (C=O) groups excluding carboxylic acids is 1. The third-order valence-electron chi connectivity index (χ3n) is 2.13. The van der Waals surface area contributed by atoms with E-state index in [9.17, 15) is 13.2 Å². The highest BCUT2D eigenvalue weighted by molar-refractivity contribution is 7.90. The van der Waals surface area contributed by atoms with Crippen molar-refractivity contribution in [1.82, 2.24) is 14.8 Å². The van der Waals surface area contributed by atoms with Crippen LogP contribution in [-0.4, -0.2) is 35.7 Å². The Morgan fingerprint density at radius 3 is 2.65 bits per heavy atom. The first kappa shape index (κ1) is 11.5. The van der Waals surface area contributed by atoms with E-state index in [1.807, 2.05) is 0 Å². The van der Waals surface area contributed by atoms with E-state index in [4.69, 9.17) is 0 Å². The van der Waals surface area contributed by atoms with Crippen molar-refractivity contribution in [2.75, 3.05) is 6.26 Å². The van der Waals surface area contributed by atoms with Crippen LogP contribution < -0.4 is 0 Å². The second kappa shape index (κ2) is 4.10. The van der Waals surface area contributed by atoms with Crippen LogP contribution in [-0.2, 0) is 9.84 Å². The lowest BCUT2D eigenvalue weighted by molar-refractivity contribution is 0.112. The number of sulfone groups is 1. The molecule has 2 rings (SSSR count). The first-order valence-electron chi connectivity index (χ1n) is 4.66. The van der Waals surface area contributed by atoms with Crippen molar-refractivity contribution in [3.05, 3.63) is 36.4 Å². The van der Waals surface area contributed by atoms with Crippen molar-refractivity contribution in [3.63, 3.8) is 0 Å². The topological polar surface area (TPSA) is 81.9 Å². The maximum Gasteiger partial charge on any atom is 0.178 e. The van der Waals surface area contributed by atoms with Gasteiger partial charge in [0.15, 0.2) is 16.1 Å². The molecule has 0 saturated heterocycles. The molecule has 7 heteroatoms. The molecule has 0 saturated carbocycles. The van der Waals surface area contributed by atoms with Gasteiger partial charge in [-0.25, -0.2) is 13.1 Å². The van der Waals surface area contributed by atoms with E-state index >= 15 is 0 Å². The van der Waals surface area contributed by atoms with Crippen LogP contribution in [0, 0.1) is 0 Å². The van der Waals surface area contributed by atoms with Crippen LogP contribution in [0.1, 0.15) is 10.4 Å². The molecular weight excluding hydrogens is 242 g/mol. The number of aldehydes is 1. The molecule has 0 unspecified atom stereocenters. The largest absolute Gasteiger partial charge is 0.298 e. The summed E-state index contributed by atoms with van der Waals surface area (Å²) in [4.78, 5) is 14.6. The Balaban J connectivity index is 2.47. The van der Waals surface area contributed by atoms with Gasteiger partial charge in [0.2, 0.25) is 0 Å². The van der Waals surface area contributed by atoms with E-state index in [1.165, 1.54) is 29.5 Å². The van der Waals surface area contributed by atoms with Crippen LogP contribution in [0.2, 0.25) is 0 Å². The minimum atomic E-state index is -3.28. The highest BCUT2D eigenvalue weighted by atomic mass is 32.2. The molecule has 2 aromatic heterocycles. The summed E-state index contributed by atoms with van der Waals surface area (Å²) in [6, 6.07) is 1.57. The summed E-state index contributed by atoms with van der Waals surface area (Å²) < 4.78 is 23.9. The van der Waals surface area contributed by atoms with Gasteiger partial charge in [-0.05, 0) is 6.07 Å². The minimum Gasteiger partial charge on any atom is -0.298 e. The highest BCUT2D eigenvalue weighted by Crippen LogP contribution is 2.11. The maximum atomic E-state index is 11.3. The molecule has 0 aromatic carbocycles. The van der Waals surface area contributed by atoms with Gasteiger partial charge in [0.05, 0.1) is 18.1 Å². The summed E-state index contributed by atoms with van der Waals surface area (Å²) in [5.74, 6) is 0. The Labute approximate surface area is 97.8 Å². The number of rotatable bonds is 3. The standard InChI is InChI=1S/C10H9N3O3S/c1-17(15,16)10-5-12-13(6-10)9-2-8(7-14)3-11-4-9/h2-7H,1H3. The van der Waals surface area contributed by atoms with Crippen molar-refractivity contribution in [1.29, 1.82) is 0 Å². The molecule has 0 bridgehead atoms. The average Bonchev–Trinajstić information content (AvgIpc) is 2.78. The summed E-state index contributed by atoms with van der Waals surface area (Å²) in [5, 5.41) is 3.91. The van der Waals surface area contributed by atoms with Crippen molar-refractivity contribution < 1.29 is 13.2 Å². The van der Waals surface area contributed by atoms with Gasteiger partial charge in [0.1, 0.15) is 4.90 Å². The summed E-state index contributed by atoms with van der Waals surface area (Å²) >= 11 is 0. The van der Waals surface area contributed by atoms with Crippen molar-refractivity contribution in [2.45, 2.75) is 4.90 Å². The molecule has 0 aliphatic heterocycles. The molecule has 0 radical (unpaired) electrons. The quantitative estimate of drug-likeness (QED) is 0.741. The predicted molar refractivity (Wildman–Crippen MR) is 59.9 cm³/mol. The van der Waals surface area contributed by atoms with Crippen LogP contribution in [0.25, 0.3) is 5.69 Å². The Morgan fingerprint density at radius 1 is 1.29 bits per heavy atom. The van der Waals surface area contributed by atoms with Gasteiger partial charge in [-0.3, -0.25) is 9.78 Å². The maximum absolute atomic E-state index is 11.3. The fourth-order valence-corrected chi connectivity index (χ4v) is 1.80. The molecule has 6 nitrogen and oxygen atoms in total. The Kier molecular flexibility index (Phi) is 2.76. The normalized spacial score (nSPS) is 11.4. The number of hydrogen-bond donors (Lipinski definition) is 0. The van der Waals surface area contributed by atoms with E-state index in [-0.39, 0.29) is 4.90 Å². The molecule has 0 fully saturated rings. The van der Waals surface area contributed by atoms with Crippen LogP contribution in [0.3, 0.4) is 0 Å². The second-order valence-corrected chi connectivity index (χ2v) is 5.50. The van der Waals surface area contributed by atoms with Gasteiger partial charge in [0, 0.05) is 24.2 Å². The first-order chi connectivity index (χ1) is 8.00. The van der Waals surface area contributed by atoms with Crippen LogP contribution in [0.15, 0.2) is 35.7 Å². The highest BCUT2D eigenvalue weighted by Gasteiger charge is 2.10. The third-order valence-corrected chi connectivity index (χ3v) is 3.20. The fraction of sp³-hybridized carbons (Fsp3) is 0.100. The molecule has 0 spiro atoms. The molecule has 0 atom stereocenters. The van der Waals surface area contributed by atoms with Gasteiger partial charge in [-0.15, -0.1) is 0 Å². The summed E-state index contributed by atoms with van der Waals surface area (Å²) in [6.07, 6.45) is 7.30. The fourth-order valence-electron chi connectivity index (χ4n) is 1.27. The number of pyridine rings is 1. The van der Waals surface area contributed by atoms with Crippen LogP contribution in [0.4, 0.5) is 0 Å². The number of nitrogens with zero attached hydrogens (tertiary/aromatic N) is 3. The summed E-state index contributed by atoms with van der Waals surface area (Å²) in [6.45, 7) is 0. The van der Waals surface area contributed by atoms with E-state index in [2.05, 4.69) is 10.1 Å². The van der Waals surface area contributed by atoms with E-state index in [1.54, 1.807) is 6.07 Å². The SMILES string of the molecule is CS(=O)(=O)c1cnn(-c2cncc(C=O)c2)c1. The molecule has 0 aliphatic carbocycles. The third kappa shape index (κ3) is 2.39. The molecule has 88 valence electrons. The smallest absolute Gasteiger partial charge is 0.178 e. The van der Waals surface area contributed by atoms with Crippen LogP contribution >= 0.6 is 0 Å². The average molecular weight is 251 g/mol. The molecule has 2 aromatic rings. The molecule has 17 heavy (non-hydrogen) atoms. The first-order valence-corrected chi connectivity index (χ1v) is 6.55. The Morgan fingerprint density at radius 2 is 2.06 bits per heavy atom. The van der Waals surface area contributed by atoms with E-state index in [0.29, 0.717) is 17.5 Å². The van der Waals surface area contributed by atoms with Crippen molar-refractivity contribution in [3.8, 4) is 5.69 Å². The number of hydrogen-bond acceptors (Lipinski definition) is 5. The zero-order valence-electron chi connectivity index (χ0n) is 8.94. The lowest BCUT2D eigenvalue weighted by Crippen LogP contribution is -1.97. The lowest BCUT2D eigenvalue weighted by atomic mass is 10.3. The minimum absolute atomic E-state index is 0.119. The molecule has 0 amide bonds. The monoisotopic (exact) mass is 251 g/mol. The van der Waals surface area contributed by atoms with E-state index < -0.39 is 9.84 Å². The molecule has 0 N–H and O–H groups in total. The van der Waals surface area contributed by atoms with Crippen molar-refractivity contribution >= 4 is 16.1 Å². The molecular formula is C10H9N3O3S. The number of carbonyl (C=O) groups is 1. The van der Waals surface area contributed by atoms with E-state index in [0.717, 1.165) is 6.26 Å². The van der Waals surface area contributed by atoms with Gasteiger partial charge in [0.25, 0.3) is 0 Å². The van der Waals surface area contributed by atoms with Crippen LogP contribution in [0.5, 0.6) is 0 Å². The zero-order chi connectivity index (χ0) is 12.5. The summed E-state index contributed by atoms with van der Waals surface area (Å²) in [7, 11) is -3.28. The summed E-state index contributed by atoms with van der Waals surface area (Å²) in [5.41, 5.74) is 0.934. The van der Waals surface area contributed by atoms with Gasteiger partial charge < -0.3 is 0 Å². The predicted octanol–water partition coefficient (Wildman–Crippen LogP) is 0.483. The van der Waals surface area contributed by atoms with Gasteiger partial charge >= 0.3 is 0 Å². The van der Waals surface area contributed by atoms with Gasteiger partial charge in [-0.1, -0.05) is 0 Å². The molecule has 0 aliphatic rings. The Bertz CT molecular complexity index is 661.